The number of aliphatic hydroxyl groups excluding tert-OH is 1. The van der Waals surface area contributed by atoms with Crippen LogP contribution in [-0.4, -0.2) is 39.7 Å². The summed E-state index contributed by atoms with van der Waals surface area (Å²) in [6.45, 7) is 8.65. The Balaban J connectivity index is 2.11. The van der Waals surface area contributed by atoms with Gasteiger partial charge in [0.1, 0.15) is 10.7 Å². The Bertz CT molecular complexity index is 720. The summed E-state index contributed by atoms with van der Waals surface area (Å²) >= 11 is 1.55. The Kier molecular flexibility index (Phi) is 5.50. The van der Waals surface area contributed by atoms with Gasteiger partial charge in [-0.3, -0.25) is 9.69 Å². The highest BCUT2D eigenvalue weighted by molar-refractivity contribution is 7.18. The van der Waals surface area contributed by atoms with Gasteiger partial charge in [-0.25, -0.2) is 4.98 Å². The number of hydrogen-bond acceptors (Lipinski definition) is 5. The maximum absolute atomic E-state index is 12.2. The number of hydrogen-bond donors (Lipinski definition) is 2. The van der Waals surface area contributed by atoms with E-state index < -0.39 is 6.10 Å². The van der Waals surface area contributed by atoms with E-state index in [1.165, 1.54) is 0 Å². The zero-order chi connectivity index (χ0) is 16.3. The first-order valence-corrected chi connectivity index (χ1v) is 8.20. The van der Waals surface area contributed by atoms with Gasteiger partial charge in [-0.15, -0.1) is 17.9 Å². The Morgan fingerprint density at radius 3 is 2.91 bits per heavy atom. The molecule has 0 spiro atoms. The van der Waals surface area contributed by atoms with E-state index in [9.17, 15) is 9.90 Å². The number of aliphatic hydroxyl groups is 1. The molecule has 2 N–H and O–H groups in total. The van der Waals surface area contributed by atoms with Gasteiger partial charge in [0.2, 0.25) is 0 Å². The first-order valence-electron chi connectivity index (χ1n) is 7.38. The summed E-state index contributed by atoms with van der Waals surface area (Å²) in [4.78, 5) is 23.5. The fraction of sp³-hybridized carbons (Fsp3) is 0.500. The minimum atomic E-state index is -0.398. The molecule has 2 aromatic heterocycles. The quantitative estimate of drug-likeness (QED) is 0.768. The number of likely N-dealkylation sites (N-methyl/N-ethyl adjacent to an activating group) is 1. The van der Waals surface area contributed by atoms with E-state index in [0.29, 0.717) is 30.7 Å². The van der Waals surface area contributed by atoms with Gasteiger partial charge < -0.3 is 10.1 Å². The first kappa shape index (κ1) is 16.9. The molecule has 0 aliphatic carbocycles. The predicted molar refractivity (Wildman–Crippen MR) is 91.5 cm³/mol. The van der Waals surface area contributed by atoms with Crippen LogP contribution in [0.2, 0.25) is 0 Å². The number of allylic oxidation sites excluding steroid dienone is 1. The third-order valence-electron chi connectivity index (χ3n) is 3.73. The molecule has 0 bridgehead atoms. The first-order chi connectivity index (χ1) is 10.4. The lowest BCUT2D eigenvalue weighted by atomic mass is 10.2. The zero-order valence-electron chi connectivity index (χ0n) is 13.3. The van der Waals surface area contributed by atoms with Gasteiger partial charge >= 0.3 is 0 Å². The van der Waals surface area contributed by atoms with Crippen LogP contribution < -0.4 is 5.56 Å². The standard InChI is InChI=1S/C16H23N3O2S/c1-5-6-7-12(20)8-19(4)9-13-17-15(21)14-10(2)11(3)22-16(14)18-13/h5,12,20H,1,6-9H2,2-4H3,(H,17,18,21)/t12-/m0/s1. The van der Waals surface area contributed by atoms with Crippen LogP contribution in [0.5, 0.6) is 0 Å². The van der Waals surface area contributed by atoms with Crippen LogP contribution in [0.25, 0.3) is 10.2 Å². The number of H-pyrrole nitrogens is 1. The van der Waals surface area contributed by atoms with Crippen LogP contribution >= 0.6 is 11.3 Å². The molecule has 22 heavy (non-hydrogen) atoms. The van der Waals surface area contributed by atoms with Gasteiger partial charge in [-0.1, -0.05) is 6.08 Å². The van der Waals surface area contributed by atoms with Gasteiger partial charge in [0.05, 0.1) is 18.0 Å². The number of nitrogens with one attached hydrogen (secondary N) is 1. The minimum Gasteiger partial charge on any atom is -0.392 e. The molecule has 2 heterocycles. The Hall–Kier alpha value is -1.50. The zero-order valence-corrected chi connectivity index (χ0v) is 14.2. The molecular weight excluding hydrogens is 298 g/mol. The summed E-state index contributed by atoms with van der Waals surface area (Å²) in [6.07, 6.45) is 2.89. The Labute approximate surface area is 134 Å². The number of aryl methyl sites for hydroxylation is 2. The Morgan fingerprint density at radius 2 is 2.23 bits per heavy atom. The Morgan fingerprint density at radius 1 is 1.50 bits per heavy atom. The molecule has 6 heteroatoms. The molecule has 0 aliphatic heterocycles. The summed E-state index contributed by atoms with van der Waals surface area (Å²) in [7, 11) is 1.91. The predicted octanol–water partition coefficient (Wildman–Crippen LogP) is 2.36. The second-order valence-corrected chi connectivity index (χ2v) is 6.90. The SMILES string of the molecule is C=CCC[C@H](O)CN(C)Cc1nc2sc(C)c(C)c2c(=O)[nH]1. The largest absolute Gasteiger partial charge is 0.392 e. The number of fused-ring (bicyclic) bond motifs is 1. The van der Waals surface area contributed by atoms with Crippen molar-refractivity contribution in [3.8, 4) is 0 Å². The lowest BCUT2D eigenvalue weighted by Crippen LogP contribution is -2.30. The molecule has 0 unspecified atom stereocenters. The van der Waals surface area contributed by atoms with E-state index in [2.05, 4.69) is 16.5 Å². The molecule has 1 atom stereocenters. The molecule has 0 saturated carbocycles. The van der Waals surface area contributed by atoms with Gasteiger partial charge in [-0.05, 0) is 39.3 Å². The van der Waals surface area contributed by atoms with E-state index in [0.717, 1.165) is 21.7 Å². The average Bonchev–Trinajstić information content (AvgIpc) is 2.71. The highest BCUT2D eigenvalue weighted by atomic mass is 32.1. The minimum absolute atomic E-state index is 0.0811. The molecule has 0 aromatic carbocycles. The number of aromatic nitrogens is 2. The molecular formula is C16H23N3O2S. The van der Waals surface area contributed by atoms with Crippen molar-refractivity contribution in [2.45, 2.75) is 39.3 Å². The fourth-order valence-corrected chi connectivity index (χ4v) is 3.50. The van der Waals surface area contributed by atoms with Crippen LogP contribution in [0.15, 0.2) is 17.4 Å². The molecule has 2 aromatic rings. The topological polar surface area (TPSA) is 69.2 Å². The number of nitrogens with zero attached hydrogens (tertiary/aromatic N) is 2. The second-order valence-electron chi connectivity index (χ2n) is 5.69. The normalized spacial score (nSPS) is 13.0. The van der Waals surface area contributed by atoms with Crippen molar-refractivity contribution < 1.29 is 5.11 Å². The van der Waals surface area contributed by atoms with Crippen molar-refractivity contribution in [3.05, 3.63) is 39.3 Å². The third-order valence-corrected chi connectivity index (χ3v) is 4.84. The third kappa shape index (κ3) is 3.82. The van der Waals surface area contributed by atoms with Gasteiger partial charge in [-0.2, -0.15) is 0 Å². The van der Waals surface area contributed by atoms with Crippen LogP contribution in [0.1, 0.15) is 29.1 Å². The molecule has 2 rings (SSSR count). The smallest absolute Gasteiger partial charge is 0.259 e. The summed E-state index contributed by atoms with van der Waals surface area (Å²) < 4.78 is 0. The second kappa shape index (κ2) is 7.17. The molecule has 120 valence electrons. The van der Waals surface area contributed by atoms with Crippen molar-refractivity contribution in [1.82, 2.24) is 14.9 Å². The van der Waals surface area contributed by atoms with Crippen molar-refractivity contribution in [1.29, 1.82) is 0 Å². The van der Waals surface area contributed by atoms with Crippen molar-refractivity contribution >= 4 is 21.6 Å². The lowest BCUT2D eigenvalue weighted by Gasteiger charge is -2.19. The van der Waals surface area contributed by atoms with Gasteiger partial charge in [0, 0.05) is 11.4 Å². The van der Waals surface area contributed by atoms with E-state index in [4.69, 9.17) is 0 Å². The van der Waals surface area contributed by atoms with E-state index in [1.54, 1.807) is 17.4 Å². The number of rotatable bonds is 7. The van der Waals surface area contributed by atoms with Crippen molar-refractivity contribution in [3.63, 3.8) is 0 Å². The summed E-state index contributed by atoms with van der Waals surface area (Å²) in [6, 6.07) is 0. The van der Waals surface area contributed by atoms with E-state index >= 15 is 0 Å². The van der Waals surface area contributed by atoms with Crippen molar-refractivity contribution in [2.75, 3.05) is 13.6 Å². The fourth-order valence-electron chi connectivity index (χ4n) is 2.46. The average molecular weight is 321 g/mol. The molecule has 0 saturated heterocycles. The van der Waals surface area contributed by atoms with E-state index in [-0.39, 0.29) is 5.56 Å². The monoisotopic (exact) mass is 321 g/mol. The van der Waals surface area contributed by atoms with Crippen LogP contribution in [0, 0.1) is 13.8 Å². The summed E-state index contributed by atoms with van der Waals surface area (Å²) in [5, 5.41) is 10.6. The lowest BCUT2D eigenvalue weighted by molar-refractivity contribution is 0.115. The molecule has 5 nitrogen and oxygen atoms in total. The van der Waals surface area contributed by atoms with Gasteiger partial charge in [0.15, 0.2) is 0 Å². The van der Waals surface area contributed by atoms with E-state index in [1.807, 2.05) is 25.8 Å². The van der Waals surface area contributed by atoms with Crippen molar-refractivity contribution in [2.24, 2.45) is 0 Å². The number of thiophene rings is 1. The van der Waals surface area contributed by atoms with Crippen LogP contribution in [-0.2, 0) is 6.54 Å². The molecule has 0 aliphatic rings. The summed E-state index contributed by atoms with van der Waals surface area (Å²) in [5.41, 5.74) is 0.927. The molecule has 0 fully saturated rings. The maximum Gasteiger partial charge on any atom is 0.259 e. The maximum atomic E-state index is 12.2. The van der Waals surface area contributed by atoms with Gasteiger partial charge in [0.25, 0.3) is 5.56 Å². The highest BCUT2D eigenvalue weighted by Gasteiger charge is 2.14. The highest BCUT2D eigenvalue weighted by Crippen LogP contribution is 2.25. The summed E-state index contributed by atoms with van der Waals surface area (Å²) in [5.74, 6) is 0.636. The molecule has 0 radical (unpaired) electrons. The molecule has 0 amide bonds. The van der Waals surface area contributed by atoms with Crippen LogP contribution in [0.4, 0.5) is 0 Å². The van der Waals surface area contributed by atoms with Crippen LogP contribution in [0.3, 0.4) is 0 Å². The number of aromatic amines is 1.